The van der Waals surface area contributed by atoms with Crippen molar-refractivity contribution in [2.75, 3.05) is 31.1 Å². The SMILES string of the molecule is Cc1nc(C(C)C)cc(N2CCC(N3CCC[C@@H](C(=O)NC4CC4)C3)CC2)n1. The van der Waals surface area contributed by atoms with E-state index < -0.39 is 0 Å². The predicted octanol–water partition coefficient (Wildman–Crippen LogP) is 2.87. The van der Waals surface area contributed by atoms with E-state index in [1.54, 1.807) is 0 Å². The quantitative estimate of drug-likeness (QED) is 0.844. The molecule has 1 N–H and O–H groups in total. The summed E-state index contributed by atoms with van der Waals surface area (Å²) in [5, 5.41) is 3.21. The number of hydrogen-bond acceptors (Lipinski definition) is 5. The molecule has 0 spiro atoms. The molecule has 154 valence electrons. The zero-order valence-electron chi connectivity index (χ0n) is 17.7. The maximum atomic E-state index is 12.5. The Morgan fingerprint density at radius 3 is 2.54 bits per heavy atom. The third-order valence-corrected chi connectivity index (χ3v) is 6.49. The fourth-order valence-electron chi connectivity index (χ4n) is 4.59. The molecule has 1 aromatic rings. The molecule has 6 heteroatoms. The number of piperidine rings is 2. The molecule has 1 amide bonds. The van der Waals surface area contributed by atoms with Crippen molar-refractivity contribution >= 4 is 11.7 Å². The van der Waals surface area contributed by atoms with Gasteiger partial charge in [0.25, 0.3) is 0 Å². The summed E-state index contributed by atoms with van der Waals surface area (Å²) >= 11 is 0. The molecule has 0 aromatic carbocycles. The van der Waals surface area contributed by atoms with E-state index in [4.69, 9.17) is 4.98 Å². The summed E-state index contributed by atoms with van der Waals surface area (Å²) in [6, 6.07) is 3.23. The van der Waals surface area contributed by atoms with Crippen LogP contribution in [-0.4, -0.2) is 59.0 Å². The van der Waals surface area contributed by atoms with E-state index in [2.05, 4.69) is 40.0 Å². The van der Waals surface area contributed by atoms with Gasteiger partial charge < -0.3 is 10.2 Å². The Morgan fingerprint density at radius 2 is 1.86 bits per heavy atom. The number of aryl methyl sites for hydroxylation is 1. The van der Waals surface area contributed by atoms with Crippen LogP contribution in [0.25, 0.3) is 0 Å². The summed E-state index contributed by atoms with van der Waals surface area (Å²) < 4.78 is 0. The number of nitrogens with one attached hydrogen (secondary N) is 1. The van der Waals surface area contributed by atoms with Crippen LogP contribution in [0.3, 0.4) is 0 Å². The van der Waals surface area contributed by atoms with Crippen molar-refractivity contribution in [3.8, 4) is 0 Å². The highest BCUT2D eigenvalue weighted by atomic mass is 16.2. The largest absolute Gasteiger partial charge is 0.356 e. The van der Waals surface area contributed by atoms with Gasteiger partial charge in [-0.1, -0.05) is 13.8 Å². The number of carbonyl (C=O) groups excluding carboxylic acids is 1. The van der Waals surface area contributed by atoms with Gasteiger partial charge in [-0.3, -0.25) is 9.69 Å². The molecule has 0 bridgehead atoms. The Labute approximate surface area is 169 Å². The molecule has 1 aromatic heterocycles. The molecule has 2 aliphatic heterocycles. The van der Waals surface area contributed by atoms with Crippen LogP contribution in [-0.2, 0) is 4.79 Å². The summed E-state index contributed by atoms with van der Waals surface area (Å²) in [6.45, 7) is 10.5. The summed E-state index contributed by atoms with van der Waals surface area (Å²) in [4.78, 5) is 26.8. The number of aromatic nitrogens is 2. The third kappa shape index (κ3) is 4.65. The molecular formula is C22H35N5O. The molecule has 6 nitrogen and oxygen atoms in total. The second-order valence-corrected chi connectivity index (χ2v) is 9.19. The molecule has 3 aliphatic rings. The van der Waals surface area contributed by atoms with E-state index in [-0.39, 0.29) is 5.92 Å². The zero-order valence-corrected chi connectivity index (χ0v) is 17.7. The van der Waals surface area contributed by atoms with E-state index in [9.17, 15) is 4.79 Å². The van der Waals surface area contributed by atoms with Gasteiger partial charge in [-0.05, 0) is 57.9 Å². The van der Waals surface area contributed by atoms with Crippen molar-refractivity contribution < 1.29 is 4.79 Å². The van der Waals surface area contributed by atoms with Crippen LogP contribution in [0.15, 0.2) is 6.07 Å². The van der Waals surface area contributed by atoms with E-state index in [1.807, 2.05) is 6.92 Å². The van der Waals surface area contributed by atoms with Crippen molar-refractivity contribution in [1.29, 1.82) is 0 Å². The predicted molar refractivity (Wildman–Crippen MR) is 112 cm³/mol. The number of nitrogens with zero attached hydrogens (tertiary/aromatic N) is 4. The van der Waals surface area contributed by atoms with Crippen LogP contribution in [0.5, 0.6) is 0 Å². The standard InChI is InChI=1S/C22H35N5O/c1-15(2)20-13-21(24-16(3)23-20)26-11-8-19(9-12-26)27-10-4-5-17(14-27)22(28)25-18-6-7-18/h13,15,17-19H,4-12,14H2,1-3H3,(H,25,28)/t17-/m1/s1. The maximum Gasteiger partial charge on any atom is 0.224 e. The zero-order chi connectivity index (χ0) is 19.7. The van der Waals surface area contributed by atoms with Crippen LogP contribution in [0.4, 0.5) is 5.82 Å². The number of rotatable bonds is 5. The van der Waals surface area contributed by atoms with Crippen molar-refractivity contribution in [2.45, 2.75) is 77.3 Å². The van der Waals surface area contributed by atoms with Gasteiger partial charge in [-0.15, -0.1) is 0 Å². The highest BCUT2D eigenvalue weighted by molar-refractivity contribution is 5.79. The molecular weight excluding hydrogens is 350 g/mol. The lowest BCUT2D eigenvalue weighted by Crippen LogP contribution is -2.51. The molecule has 1 aliphatic carbocycles. The molecule has 1 atom stereocenters. The second kappa shape index (κ2) is 8.36. The van der Waals surface area contributed by atoms with Crippen molar-refractivity contribution in [3.63, 3.8) is 0 Å². The second-order valence-electron chi connectivity index (χ2n) is 9.19. The van der Waals surface area contributed by atoms with Crippen molar-refractivity contribution in [3.05, 3.63) is 17.6 Å². The lowest BCUT2D eigenvalue weighted by atomic mass is 9.93. The number of amides is 1. The topological polar surface area (TPSA) is 61.4 Å². The van der Waals surface area contributed by atoms with Crippen LogP contribution >= 0.6 is 0 Å². The fourth-order valence-corrected chi connectivity index (χ4v) is 4.59. The van der Waals surface area contributed by atoms with Gasteiger partial charge >= 0.3 is 0 Å². The highest BCUT2D eigenvalue weighted by Gasteiger charge is 2.34. The molecule has 1 saturated carbocycles. The van der Waals surface area contributed by atoms with Crippen LogP contribution in [0.2, 0.25) is 0 Å². The van der Waals surface area contributed by atoms with Crippen LogP contribution in [0, 0.1) is 12.8 Å². The summed E-state index contributed by atoms with van der Waals surface area (Å²) in [5.74, 6) is 2.84. The molecule has 2 saturated heterocycles. The molecule has 3 heterocycles. The van der Waals surface area contributed by atoms with Gasteiger partial charge in [0.2, 0.25) is 5.91 Å². The average Bonchev–Trinajstić information content (AvgIpc) is 3.51. The minimum absolute atomic E-state index is 0.186. The first kappa shape index (κ1) is 19.6. The molecule has 3 fully saturated rings. The Kier molecular flexibility index (Phi) is 5.85. The number of hydrogen-bond donors (Lipinski definition) is 1. The highest BCUT2D eigenvalue weighted by Crippen LogP contribution is 2.28. The van der Waals surface area contributed by atoms with E-state index in [1.165, 1.54) is 12.8 Å². The summed E-state index contributed by atoms with van der Waals surface area (Å²) in [5.41, 5.74) is 1.13. The Balaban J connectivity index is 1.33. The Morgan fingerprint density at radius 1 is 1.11 bits per heavy atom. The van der Waals surface area contributed by atoms with Gasteiger partial charge in [0.1, 0.15) is 11.6 Å². The first-order chi connectivity index (χ1) is 13.5. The monoisotopic (exact) mass is 385 g/mol. The molecule has 28 heavy (non-hydrogen) atoms. The smallest absolute Gasteiger partial charge is 0.224 e. The van der Waals surface area contributed by atoms with E-state index >= 15 is 0 Å². The summed E-state index contributed by atoms with van der Waals surface area (Å²) in [7, 11) is 0. The van der Waals surface area contributed by atoms with Crippen LogP contribution in [0.1, 0.15) is 69.8 Å². The number of carbonyl (C=O) groups is 1. The first-order valence-electron chi connectivity index (χ1n) is 11.1. The number of likely N-dealkylation sites (tertiary alicyclic amines) is 1. The third-order valence-electron chi connectivity index (χ3n) is 6.49. The van der Waals surface area contributed by atoms with Gasteiger partial charge in [0.15, 0.2) is 0 Å². The number of anilines is 1. The van der Waals surface area contributed by atoms with Crippen molar-refractivity contribution in [2.24, 2.45) is 5.92 Å². The lowest BCUT2D eigenvalue weighted by molar-refractivity contribution is -0.127. The van der Waals surface area contributed by atoms with E-state index in [0.29, 0.717) is 23.9 Å². The average molecular weight is 386 g/mol. The van der Waals surface area contributed by atoms with Gasteiger partial charge in [-0.25, -0.2) is 9.97 Å². The minimum Gasteiger partial charge on any atom is -0.356 e. The van der Waals surface area contributed by atoms with E-state index in [0.717, 1.165) is 69.2 Å². The Bertz CT molecular complexity index is 694. The normalized spacial score (nSPS) is 24.6. The summed E-state index contributed by atoms with van der Waals surface area (Å²) in [6.07, 6.45) is 6.83. The van der Waals surface area contributed by atoms with Gasteiger partial charge in [0.05, 0.1) is 5.92 Å². The molecule has 0 radical (unpaired) electrons. The maximum absolute atomic E-state index is 12.5. The first-order valence-corrected chi connectivity index (χ1v) is 11.1. The van der Waals surface area contributed by atoms with Crippen LogP contribution < -0.4 is 10.2 Å². The molecule has 4 rings (SSSR count). The van der Waals surface area contributed by atoms with Crippen molar-refractivity contribution in [1.82, 2.24) is 20.2 Å². The lowest BCUT2D eigenvalue weighted by Gasteiger charge is -2.42. The van der Waals surface area contributed by atoms with Gasteiger partial charge in [-0.2, -0.15) is 0 Å². The minimum atomic E-state index is 0.186. The fraction of sp³-hybridized carbons (Fsp3) is 0.773. The van der Waals surface area contributed by atoms with Gasteiger partial charge in [0, 0.05) is 43.5 Å². The molecule has 0 unspecified atom stereocenters. The Hall–Kier alpha value is -1.69.